The highest BCUT2D eigenvalue weighted by atomic mass is 19.1. The number of nitrogens with one attached hydrogen (secondary N) is 2. The molecule has 0 bridgehead atoms. The summed E-state index contributed by atoms with van der Waals surface area (Å²) in [7, 11) is 0. The molecule has 0 saturated heterocycles. The molecule has 19 heavy (non-hydrogen) atoms. The van der Waals surface area contributed by atoms with Crippen molar-refractivity contribution < 1.29 is 19.1 Å². The van der Waals surface area contributed by atoms with Gasteiger partial charge in [0, 0.05) is 10.9 Å². The van der Waals surface area contributed by atoms with Crippen molar-refractivity contribution in [1.29, 1.82) is 0 Å². The minimum atomic E-state index is -1.38. The molecule has 0 radical (unpaired) electrons. The zero-order valence-electron chi connectivity index (χ0n) is 10.5. The molecule has 1 aromatic heterocycles. The van der Waals surface area contributed by atoms with Gasteiger partial charge in [-0.3, -0.25) is 4.79 Å². The molecule has 1 amide bonds. The maximum Gasteiger partial charge on any atom is 0.328 e. The van der Waals surface area contributed by atoms with E-state index in [-0.39, 0.29) is 5.69 Å². The van der Waals surface area contributed by atoms with Crippen LogP contribution in [0.3, 0.4) is 0 Å². The Hall–Kier alpha value is -2.37. The summed E-state index contributed by atoms with van der Waals surface area (Å²) in [6.07, 6.45) is 0. The smallest absolute Gasteiger partial charge is 0.328 e. The first-order valence-electron chi connectivity index (χ1n) is 5.64. The van der Waals surface area contributed by atoms with Crippen molar-refractivity contribution in [2.75, 3.05) is 0 Å². The largest absolute Gasteiger partial charge is 0.480 e. The molecule has 5 nitrogen and oxygen atoms in total. The molecule has 2 aromatic rings. The molecule has 0 unspecified atom stereocenters. The average Bonchev–Trinajstić information content (AvgIpc) is 2.71. The number of fused-ring (bicyclic) bond motifs is 1. The van der Waals surface area contributed by atoms with Crippen LogP contribution in [0.4, 0.5) is 4.39 Å². The zero-order valence-corrected chi connectivity index (χ0v) is 10.5. The number of aromatic amines is 1. The molecule has 0 aliphatic heterocycles. The normalized spacial score (nSPS) is 11.5. The van der Waals surface area contributed by atoms with Gasteiger partial charge in [0.1, 0.15) is 17.1 Å². The number of carbonyl (C=O) groups excluding carboxylic acids is 1. The highest BCUT2D eigenvalue weighted by Crippen LogP contribution is 2.17. The molecule has 0 aliphatic carbocycles. The molecular formula is C13H13FN2O3. The van der Waals surface area contributed by atoms with Crippen LogP contribution in [-0.4, -0.2) is 27.5 Å². The minimum absolute atomic E-state index is 0.190. The van der Waals surface area contributed by atoms with E-state index in [1.54, 1.807) is 12.1 Å². The second-order valence-electron chi connectivity index (χ2n) is 4.80. The van der Waals surface area contributed by atoms with Crippen molar-refractivity contribution in [2.45, 2.75) is 19.4 Å². The van der Waals surface area contributed by atoms with E-state index in [1.165, 1.54) is 26.0 Å². The third-order valence-electron chi connectivity index (χ3n) is 2.79. The van der Waals surface area contributed by atoms with E-state index in [0.29, 0.717) is 10.9 Å². The maximum atomic E-state index is 13.0. The maximum absolute atomic E-state index is 13.0. The molecule has 100 valence electrons. The molecule has 0 spiro atoms. The topological polar surface area (TPSA) is 82.2 Å². The van der Waals surface area contributed by atoms with Gasteiger partial charge in [0.15, 0.2) is 0 Å². The van der Waals surface area contributed by atoms with Crippen LogP contribution in [-0.2, 0) is 4.79 Å². The van der Waals surface area contributed by atoms with Crippen LogP contribution in [0, 0.1) is 5.82 Å². The predicted molar refractivity (Wildman–Crippen MR) is 67.4 cm³/mol. The quantitative estimate of drug-likeness (QED) is 0.791. The number of aromatic nitrogens is 1. The standard InChI is InChI=1S/C13H13FN2O3/c1-13(2,12(18)19)16-11(17)10-5-7-3-4-8(14)6-9(7)15-10/h3-6,15H,1-2H3,(H,16,17)(H,18,19). The summed E-state index contributed by atoms with van der Waals surface area (Å²) < 4.78 is 13.0. The number of carboxylic acids is 1. The van der Waals surface area contributed by atoms with Crippen molar-refractivity contribution >= 4 is 22.8 Å². The number of H-pyrrole nitrogens is 1. The van der Waals surface area contributed by atoms with E-state index in [9.17, 15) is 14.0 Å². The van der Waals surface area contributed by atoms with Crippen molar-refractivity contribution in [1.82, 2.24) is 10.3 Å². The van der Waals surface area contributed by atoms with Crippen LogP contribution < -0.4 is 5.32 Å². The highest BCUT2D eigenvalue weighted by molar-refractivity contribution is 6.00. The van der Waals surface area contributed by atoms with E-state index in [0.717, 1.165) is 0 Å². The van der Waals surface area contributed by atoms with Crippen LogP contribution in [0.25, 0.3) is 10.9 Å². The van der Waals surface area contributed by atoms with Gasteiger partial charge in [0.25, 0.3) is 5.91 Å². The Bertz CT molecular complexity index is 661. The van der Waals surface area contributed by atoms with E-state index < -0.39 is 23.2 Å². The van der Waals surface area contributed by atoms with Crippen molar-refractivity contribution in [3.8, 4) is 0 Å². The molecule has 0 saturated carbocycles. The van der Waals surface area contributed by atoms with Crippen molar-refractivity contribution in [2.24, 2.45) is 0 Å². The number of aliphatic carboxylic acids is 1. The van der Waals surface area contributed by atoms with Gasteiger partial charge in [-0.25, -0.2) is 9.18 Å². The fourth-order valence-electron chi connectivity index (χ4n) is 1.63. The lowest BCUT2D eigenvalue weighted by molar-refractivity contribution is -0.143. The third kappa shape index (κ3) is 2.57. The Morgan fingerprint density at radius 2 is 2.00 bits per heavy atom. The summed E-state index contributed by atoms with van der Waals surface area (Å²) in [5, 5.41) is 12.0. The van der Waals surface area contributed by atoms with Crippen molar-refractivity contribution in [3.63, 3.8) is 0 Å². The molecule has 0 aliphatic rings. The summed E-state index contributed by atoms with van der Waals surface area (Å²) in [6.45, 7) is 2.77. The van der Waals surface area contributed by atoms with E-state index in [1.807, 2.05) is 0 Å². The summed E-state index contributed by atoms with van der Waals surface area (Å²) in [4.78, 5) is 25.6. The SMILES string of the molecule is CC(C)(NC(=O)c1cc2ccc(F)cc2[nH]1)C(=O)O. The van der Waals surface area contributed by atoms with Gasteiger partial charge in [-0.2, -0.15) is 0 Å². The molecule has 0 atom stereocenters. The van der Waals surface area contributed by atoms with Gasteiger partial charge < -0.3 is 15.4 Å². The minimum Gasteiger partial charge on any atom is -0.480 e. The van der Waals surface area contributed by atoms with Crippen LogP contribution in [0.5, 0.6) is 0 Å². The second-order valence-corrected chi connectivity index (χ2v) is 4.80. The second kappa shape index (κ2) is 4.38. The molecule has 6 heteroatoms. The number of benzene rings is 1. The lowest BCUT2D eigenvalue weighted by Crippen LogP contribution is -2.49. The van der Waals surface area contributed by atoms with Crippen LogP contribution in [0.15, 0.2) is 24.3 Å². The zero-order chi connectivity index (χ0) is 14.2. The molecular weight excluding hydrogens is 251 g/mol. The summed E-state index contributed by atoms with van der Waals surface area (Å²) >= 11 is 0. The first-order valence-corrected chi connectivity index (χ1v) is 5.64. The Morgan fingerprint density at radius 1 is 1.32 bits per heavy atom. The monoisotopic (exact) mass is 264 g/mol. The fraction of sp³-hybridized carbons (Fsp3) is 0.231. The van der Waals surface area contributed by atoms with Crippen molar-refractivity contribution in [3.05, 3.63) is 35.8 Å². The van der Waals surface area contributed by atoms with Crippen LogP contribution in [0.1, 0.15) is 24.3 Å². The Morgan fingerprint density at radius 3 is 2.63 bits per heavy atom. The summed E-state index contributed by atoms with van der Waals surface area (Å²) in [5.74, 6) is -2.10. The third-order valence-corrected chi connectivity index (χ3v) is 2.79. The number of rotatable bonds is 3. The summed E-state index contributed by atoms with van der Waals surface area (Å²) in [6, 6.07) is 5.65. The Labute approximate surface area is 108 Å². The van der Waals surface area contributed by atoms with E-state index in [4.69, 9.17) is 5.11 Å². The number of amides is 1. The van der Waals surface area contributed by atoms with Gasteiger partial charge in [-0.1, -0.05) is 0 Å². The van der Waals surface area contributed by atoms with Gasteiger partial charge >= 0.3 is 5.97 Å². The number of hydrogen-bond acceptors (Lipinski definition) is 2. The number of carboxylic acid groups (broad SMARTS) is 1. The fourth-order valence-corrected chi connectivity index (χ4v) is 1.63. The van der Waals surface area contributed by atoms with E-state index in [2.05, 4.69) is 10.3 Å². The first-order chi connectivity index (χ1) is 8.79. The molecule has 1 heterocycles. The number of halogens is 1. The van der Waals surface area contributed by atoms with Crippen LogP contribution >= 0.6 is 0 Å². The number of carbonyl (C=O) groups is 2. The first kappa shape index (κ1) is 13.1. The van der Waals surface area contributed by atoms with E-state index >= 15 is 0 Å². The van der Waals surface area contributed by atoms with Gasteiger partial charge in [-0.05, 0) is 38.1 Å². The lowest BCUT2D eigenvalue weighted by Gasteiger charge is -2.20. The van der Waals surface area contributed by atoms with Gasteiger partial charge in [0.05, 0.1) is 0 Å². The average molecular weight is 264 g/mol. The Kier molecular flexibility index (Phi) is 3.01. The molecule has 3 N–H and O–H groups in total. The molecule has 2 rings (SSSR count). The Balaban J connectivity index is 2.29. The molecule has 1 aromatic carbocycles. The van der Waals surface area contributed by atoms with Gasteiger partial charge in [0.2, 0.25) is 0 Å². The highest BCUT2D eigenvalue weighted by Gasteiger charge is 2.29. The number of hydrogen-bond donors (Lipinski definition) is 3. The molecule has 0 fully saturated rings. The predicted octanol–water partition coefficient (Wildman–Crippen LogP) is 1.90. The van der Waals surface area contributed by atoms with Crippen LogP contribution in [0.2, 0.25) is 0 Å². The van der Waals surface area contributed by atoms with Gasteiger partial charge in [-0.15, -0.1) is 0 Å². The summed E-state index contributed by atoms with van der Waals surface area (Å²) in [5.41, 5.74) is -0.701. The lowest BCUT2D eigenvalue weighted by atomic mass is 10.1.